The molecule has 1 amide bonds. The maximum Gasteiger partial charge on any atom is 0.265 e. The molecule has 0 saturated carbocycles. The molecule has 12 heteroatoms. The molecule has 3 aliphatic rings. The molecule has 3 aromatic carbocycles. The van der Waals surface area contributed by atoms with Gasteiger partial charge < -0.3 is 9.47 Å². The van der Waals surface area contributed by atoms with E-state index in [2.05, 4.69) is 4.72 Å². The Morgan fingerprint density at radius 1 is 0.957 bits per heavy atom. The quantitative estimate of drug-likeness (QED) is 0.347. The van der Waals surface area contributed by atoms with Crippen molar-refractivity contribution in [1.29, 1.82) is 0 Å². The number of hydrogen-bond acceptors (Lipinski definition) is 7. The van der Waals surface area contributed by atoms with Crippen LogP contribution in [0.4, 0.5) is 4.39 Å². The van der Waals surface area contributed by atoms with E-state index in [9.17, 15) is 26.0 Å². The minimum absolute atomic E-state index is 0.00394. The Bertz CT molecular complexity index is 1830. The van der Waals surface area contributed by atoms with Gasteiger partial charge in [-0.1, -0.05) is 19.1 Å². The van der Waals surface area contributed by atoms with E-state index in [4.69, 9.17) is 9.47 Å². The molecule has 246 valence electrons. The number of fused-ring (bicyclic) bond motifs is 3. The predicted molar refractivity (Wildman–Crippen MR) is 170 cm³/mol. The highest BCUT2D eigenvalue weighted by Gasteiger charge is 2.47. The molecular weight excluding hydrogens is 632 g/mol. The summed E-state index contributed by atoms with van der Waals surface area (Å²) >= 11 is 0. The summed E-state index contributed by atoms with van der Waals surface area (Å²) in [5, 5.41) is 0. The van der Waals surface area contributed by atoms with Gasteiger partial charge in [0.25, 0.3) is 15.9 Å². The number of sulfonamides is 2. The van der Waals surface area contributed by atoms with Crippen molar-refractivity contribution < 1.29 is 35.5 Å². The first-order chi connectivity index (χ1) is 21.7. The first-order valence-electron chi connectivity index (χ1n) is 15.6. The Morgan fingerprint density at radius 3 is 2.35 bits per heavy atom. The lowest BCUT2D eigenvalue weighted by molar-refractivity contribution is -0.149. The number of hydrogen-bond donors (Lipinski definition) is 1. The summed E-state index contributed by atoms with van der Waals surface area (Å²) in [6, 6.07) is 16.0. The molecule has 3 aliphatic heterocycles. The number of amides is 1. The first-order valence-corrected chi connectivity index (χ1v) is 18.6. The number of halogens is 1. The minimum Gasteiger partial charge on any atom is -0.487 e. The van der Waals surface area contributed by atoms with Crippen molar-refractivity contribution in [3.8, 4) is 5.75 Å². The van der Waals surface area contributed by atoms with Crippen LogP contribution in [0.2, 0.25) is 0 Å². The number of nitrogens with zero attached hydrogens (tertiary/aromatic N) is 1. The number of carbonyl (C=O) groups excluding carboxylic acids is 1. The van der Waals surface area contributed by atoms with E-state index in [0.29, 0.717) is 30.8 Å². The van der Waals surface area contributed by atoms with Gasteiger partial charge in [-0.25, -0.2) is 25.9 Å². The fraction of sp³-hybridized carbons (Fsp3) is 0.441. The van der Waals surface area contributed by atoms with E-state index in [1.807, 2.05) is 20.8 Å². The van der Waals surface area contributed by atoms with Gasteiger partial charge in [0, 0.05) is 30.1 Å². The zero-order chi connectivity index (χ0) is 32.9. The number of ether oxygens (including phenoxy) is 2. The van der Waals surface area contributed by atoms with E-state index in [0.717, 1.165) is 31.2 Å². The highest BCUT2D eigenvalue weighted by atomic mass is 32.2. The number of benzene rings is 3. The lowest BCUT2D eigenvalue weighted by Gasteiger charge is -2.49. The Kier molecular flexibility index (Phi) is 8.77. The van der Waals surface area contributed by atoms with Crippen molar-refractivity contribution in [3.05, 3.63) is 89.2 Å². The van der Waals surface area contributed by atoms with Crippen molar-refractivity contribution in [2.75, 3.05) is 13.1 Å². The highest BCUT2D eigenvalue weighted by molar-refractivity contribution is 7.90. The van der Waals surface area contributed by atoms with E-state index >= 15 is 0 Å². The van der Waals surface area contributed by atoms with Gasteiger partial charge in [-0.2, -0.15) is 4.31 Å². The monoisotopic (exact) mass is 670 g/mol. The van der Waals surface area contributed by atoms with Crippen LogP contribution in [0.15, 0.2) is 76.5 Å². The van der Waals surface area contributed by atoms with E-state index in [1.54, 1.807) is 24.3 Å². The second-order valence-corrected chi connectivity index (χ2v) is 16.8. The van der Waals surface area contributed by atoms with Crippen LogP contribution in [-0.4, -0.2) is 51.8 Å². The second kappa shape index (κ2) is 12.4. The molecule has 2 fully saturated rings. The molecule has 3 heterocycles. The molecule has 0 aliphatic carbocycles. The zero-order valence-corrected chi connectivity index (χ0v) is 27.7. The summed E-state index contributed by atoms with van der Waals surface area (Å²) in [5.41, 5.74) is 1.21. The third-order valence-electron chi connectivity index (χ3n) is 9.34. The van der Waals surface area contributed by atoms with Crippen LogP contribution in [-0.2, 0) is 31.2 Å². The maximum atomic E-state index is 13.4. The molecule has 9 nitrogen and oxygen atoms in total. The van der Waals surface area contributed by atoms with Crippen LogP contribution in [0.25, 0.3) is 0 Å². The third kappa shape index (κ3) is 6.58. The number of carbonyl (C=O) groups is 1. The van der Waals surface area contributed by atoms with E-state index < -0.39 is 31.6 Å². The van der Waals surface area contributed by atoms with Gasteiger partial charge in [0.05, 0.1) is 22.0 Å². The molecule has 0 unspecified atom stereocenters. The zero-order valence-electron chi connectivity index (χ0n) is 26.1. The summed E-state index contributed by atoms with van der Waals surface area (Å²) in [4.78, 5) is 13.1. The van der Waals surface area contributed by atoms with Gasteiger partial charge in [-0.05, 0) is 112 Å². The van der Waals surface area contributed by atoms with Crippen LogP contribution in [0.5, 0.6) is 5.75 Å². The normalized spacial score (nSPS) is 24.7. The largest absolute Gasteiger partial charge is 0.487 e. The standard InChI is InChI=1S/C34H39FN2O7S2/c1-22-5-4-18-37(21-22)46(41,42)28-14-12-27(13-15-28)45(39,40)36-33(38)24-8-17-31-29(20-24)32-30(34(2,3)44-31)16-11-26(43-32)19-23-6-9-25(35)10-7-23/h6-10,12-15,17,20,22,26,30,32H,4-5,11,16,18-19,21H2,1-3H3,(H,36,38)/t22-,26-,30+,32-/m0/s1. The highest BCUT2D eigenvalue weighted by Crippen LogP contribution is 2.51. The molecule has 46 heavy (non-hydrogen) atoms. The third-order valence-corrected chi connectivity index (χ3v) is 12.6. The molecule has 0 spiro atoms. The average molecular weight is 671 g/mol. The SMILES string of the molecule is C[C@H]1CCCN(S(=O)(=O)c2ccc(S(=O)(=O)NC(=O)c3ccc4c(c3)[C@@H]3O[C@H](Cc5ccc(F)cc5)CC[C@H]3C(C)(C)O4)cc2)C1. The van der Waals surface area contributed by atoms with Crippen molar-refractivity contribution in [2.45, 2.75) is 80.5 Å². The molecular formula is C34H39FN2O7S2. The summed E-state index contributed by atoms with van der Waals surface area (Å²) in [7, 11) is -8.07. The number of rotatable bonds is 7. The van der Waals surface area contributed by atoms with Crippen molar-refractivity contribution >= 4 is 26.0 Å². The van der Waals surface area contributed by atoms with Gasteiger partial charge in [-0.15, -0.1) is 0 Å². The Hall–Kier alpha value is -3.32. The topological polar surface area (TPSA) is 119 Å². The molecule has 0 radical (unpaired) electrons. The van der Waals surface area contributed by atoms with Crippen LogP contribution in [0, 0.1) is 17.7 Å². The Labute approximate surface area is 270 Å². The number of nitrogens with one attached hydrogen (secondary N) is 1. The lowest BCUT2D eigenvalue weighted by Crippen LogP contribution is -2.48. The van der Waals surface area contributed by atoms with Gasteiger partial charge in [-0.3, -0.25) is 4.79 Å². The average Bonchev–Trinajstić information content (AvgIpc) is 3.01. The second-order valence-electron chi connectivity index (χ2n) is 13.2. The van der Waals surface area contributed by atoms with Crippen LogP contribution < -0.4 is 9.46 Å². The van der Waals surface area contributed by atoms with E-state index in [1.165, 1.54) is 46.8 Å². The molecule has 4 atom stereocenters. The van der Waals surface area contributed by atoms with Gasteiger partial charge >= 0.3 is 0 Å². The van der Waals surface area contributed by atoms with Crippen LogP contribution in [0.3, 0.4) is 0 Å². The molecule has 2 saturated heterocycles. The summed E-state index contributed by atoms with van der Waals surface area (Å²) in [5.74, 6) is -0.323. The smallest absolute Gasteiger partial charge is 0.265 e. The summed E-state index contributed by atoms with van der Waals surface area (Å²) < 4.78 is 82.5. The van der Waals surface area contributed by atoms with Gasteiger partial charge in [0.1, 0.15) is 17.2 Å². The lowest BCUT2D eigenvalue weighted by atomic mass is 9.74. The maximum absolute atomic E-state index is 13.4. The van der Waals surface area contributed by atoms with Crippen molar-refractivity contribution in [3.63, 3.8) is 0 Å². The van der Waals surface area contributed by atoms with Crippen molar-refractivity contribution in [2.24, 2.45) is 11.8 Å². The van der Waals surface area contributed by atoms with E-state index in [-0.39, 0.29) is 45.2 Å². The number of piperidine rings is 1. The van der Waals surface area contributed by atoms with Crippen LogP contribution in [0.1, 0.15) is 74.0 Å². The Balaban J connectivity index is 1.19. The van der Waals surface area contributed by atoms with Crippen LogP contribution >= 0.6 is 0 Å². The molecule has 3 aromatic rings. The molecule has 0 bridgehead atoms. The molecule has 6 rings (SSSR count). The molecule has 1 N–H and O–H groups in total. The fourth-order valence-electron chi connectivity index (χ4n) is 6.83. The van der Waals surface area contributed by atoms with Crippen molar-refractivity contribution in [1.82, 2.24) is 9.03 Å². The van der Waals surface area contributed by atoms with Gasteiger partial charge in [0.2, 0.25) is 10.0 Å². The minimum atomic E-state index is -4.31. The molecule has 0 aromatic heterocycles. The summed E-state index contributed by atoms with van der Waals surface area (Å²) in [6.07, 6.45) is 3.43. The summed E-state index contributed by atoms with van der Waals surface area (Å²) in [6.45, 7) is 6.86. The Morgan fingerprint density at radius 2 is 1.65 bits per heavy atom. The predicted octanol–water partition coefficient (Wildman–Crippen LogP) is 5.62. The fourth-order valence-corrected chi connectivity index (χ4v) is 9.40. The first kappa shape index (κ1) is 32.6. The van der Waals surface area contributed by atoms with Gasteiger partial charge in [0.15, 0.2) is 0 Å².